The SMILES string of the molecule is CNC(C)(C)c1cc(Br)c2c(c1)OCCO2. The molecule has 16 heavy (non-hydrogen) atoms. The topological polar surface area (TPSA) is 30.5 Å². The summed E-state index contributed by atoms with van der Waals surface area (Å²) < 4.78 is 12.1. The van der Waals surface area contributed by atoms with Gasteiger partial charge in [0.2, 0.25) is 0 Å². The highest BCUT2D eigenvalue weighted by Gasteiger charge is 2.23. The number of benzene rings is 1. The number of fused-ring (bicyclic) bond motifs is 1. The lowest BCUT2D eigenvalue weighted by Crippen LogP contribution is -2.33. The third-order valence-electron chi connectivity index (χ3n) is 2.94. The van der Waals surface area contributed by atoms with Crippen LogP contribution < -0.4 is 14.8 Å². The van der Waals surface area contributed by atoms with Crippen LogP contribution in [0.5, 0.6) is 11.5 Å². The van der Waals surface area contributed by atoms with Crippen molar-refractivity contribution in [1.29, 1.82) is 0 Å². The molecule has 1 aromatic carbocycles. The smallest absolute Gasteiger partial charge is 0.175 e. The zero-order chi connectivity index (χ0) is 11.8. The van der Waals surface area contributed by atoms with E-state index in [4.69, 9.17) is 9.47 Å². The Hall–Kier alpha value is -0.740. The Morgan fingerprint density at radius 3 is 2.62 bits per heavy atom. The van der Waals surface area contributed by atoms with E-state index in [2.05, 4.69) is 41.2 Å². The summed E-state index contributed by atoms with van der Waals surface area (Å²) in [5.41, 5.74) is 1.09. The van der Waals surface area contributed by atoms with Crippen LogP contribution in [0.4, 0.5) is 0 Å². The first-order valence-electron chi connectivity index (χ1n) is 5.33. The molecule has 2 rings (SSSR count). The van der Waals surface area contributed by atoms with Crippen LogP contribution in [0.3, 0.4) is 0 Å². The van der Waals surface area contributed by atoms with E-state index in [1.54, 1.807) is 0 Å². The third-order valence-corrected chi connectivity index (χ3v) is 3.53. The van der Waals surface area contributed by atoms with Gasteiger partial charge in [0, 0.05) is 5.54 Å². The lowest BCUT2D eigenvalue weighted by Gasteiger charge is -2.27. The summed E-state index contributed by atoms with van der Waals surface area (Å²) in [6, 6.07) is 4.11. The van der Waals surface area contributed by atoms with E-state index < -0.39 is 0 Å². The molecular formula is C12H16BrNO2. The number of halogens is 1. The van der Waals surface area contributed by atoms with Crippen molar-refractivity contribution in [2.75, 3.05) is 20.3 Å². The van der Waals surface area contributed by atoms with Gasteiger partial charge < -0.3 is 14.8 Å². The van der Waals surface area contributed by atoms with E-state index in [9.17, 15) is 0 Å². The van der Waals surface area contributed by atoms with Crippen LogP contribution in [0.2, 0.25) is 0 Å². The Bertz CT molecular complexity index is 404. The number of nitrogens with one attached hydrogen (secondary N) is 1. The second-order valence-electron chi connectivity index (χ2n) is 4.36. The predicted octanol–water partition coefficient (Wildman–Crippen LogP) is 2.67. The van der Waals surface area contributed by atoms with Crippen LogP contribution in [0.1, 0.15) is 19.4 Å². The maximum absolute atomic E-state index is 5.60. The zero-order valence-corrected chi connectivity index (χ0v) is 11.3. The molecule has 0 atom stereocenters. The van der Waals surface area contributed by atoms with Crippen molar-refractivity contribution in [3.8, 4) is 11.5 Å². The number of hydrogen-bond acceptors (Lipinski definition) is 3. The van der Waals surface area contributed by atoms with E-state index in [1.165, 1.54) is 5.56 Å². The Morgan fingerprint density at radius 2 is 1.94 bits per heavy atom. The maximum Gasteiger partial charge on any atom is 0.175 e. The van der Waals surface area contributed by atoms with Gasteiger partial charge in [-0.25, -0.2) is 0 Å². The second-order valence-corrected chi connectivity index (χ2v) is 5.21. The summed E-state index contributed by atoms with van der Waals surface area (Å²) in [5, 5.41) is 3.27. The molecule has 0 saturated carbocycles. The molecule has 0 spiro atoms. The fourth-order valence-corrected chi connectivity index (χ4v) is 2.17. The van der Waals surface area contributed by atoms with Gasteiger partial charge in [-0.2, -0.15) is 0 Å². The van der Waals surface area contributed by atoms with Crippen LogP contribution in [0.15, 0.2) is 16.6 Å². The van der Waals surface area contributed by atoms with E-state index >= 15 is 0 Å². The number of rotatable bonds is 2. The highest BCUT2D eigenvalue weighted by molar-refractivity contribution is 9.10. The number of ether oxygens (including phenoxy) is 2. The Kier molecular flexibility index (Phi) is 3.13. The van der Waals surface area contributed by atoms with Gasteiger partial charge in [0.25, 0.3) is 0 Å². The molecule has 0 unspecified atom stereocenters. The van der Waals surface area contributed by atoms with Crippen molar-refractivity contribution in [2.45, 2.75) is 19.4 Å². The molecule has 88 valence electrons. The minimum Gasteiger partial charge on any atom is -0.486 e. The lowest BCUT2D eigenvalue weighted by molar-refractivity contribution is 0.170. The van der Waals surface area contributed by atoms with Gasteiger partial charge in [-0.15, -0.1) is 0 Å². The molecule has 0 fully saturated rings. The summed E-state index contributed by atoms with van der Waals surface area (Å²) in [6.07, 6.45) is 0. The molecule has 0 saturated heterocycles. The highest BCUT2D eigenvalue weighted by atomic mass is 79.9. The first kappa shape index (κ1) is 11.7. The summed E-state index contributed by atoms with van der Waals surface area (Å²) in [5.74, 6) is 1.63. The minimum atomic E-state index is -0.0850. The van der Waals surface area contributed by atoms with Crippen LogP contribution in [0, 0.1) is 0 Å². The minimum absolute atomic E-state index is 0.0850. The summed E-state index contributed by atoms with van der Waals surface area (Å²) in [4.78, 5) is 0. The van der Waals surface area contributed by atoms with E-state index in [-0.39, 0.29) is 5.54 Å². The molecule has 0 radical (unpaired) electrons. The largest absolute Gasteiger partial charge is 0.486 e. The van der Waals surface area contributed by atoms with Crippen LogP contribution in [-0.2, 0) is 5.54 Å². The molecule has 1 aliphatic heterocycles. The first-order valence-corrected chi connectivity index (χ1v) is 6.12. The van der Waals surface area contributed by atoms with Crippen LogP contribution >= 0.6 is 15.9 Å². The fourth-order valence-electron chi connectivity index (χ4n) is 1.62. The highest BCUT2D eigenvalue weighted by Crippen LogP contribution is 2.40. The Morgan fingerprint density at radius 1 is 1.25 bits per heavy atom. The van der Waals surface area contributed by atoms with Crippen molar-refractivity contribution >= 4 is 15.9 Å². The van der Waals surface area contributed by atoms with E-state index in [1.807, 2.05) is 13.1 Å². The summed E-state index contributed by atoms with van der Waals surface area (Å²) in [7, 11) is 1.95. The summed E-state index contributed by atoms with van der Waals surface area (Å²) in [6.45, 7) is 5.49. The maximum atomic E-state index is 5.60. The van der Waals surface area contributed by atoms with Gasteiger partial charge in [-0.05, 0) is 54.5 Å². The first-order chi connectivity index (χ1) is 7.54. The van der Waals surface area contributed by atoms with E-state index in [0.717, 1.165) is 16.0 Å². The monoisotopic (exact) mass is 285 g/mol. The molecular weight excluding hydrogens is 270 g/mol. The molecule has 1 heterocycles. The molecule has 3 nitrogen and oxygen atoms in total. The summed E-state index contributed by atoms with van der Waals surface area (Å²) >= 11 is 3.52. The van der Waals surface area contributed by atoms with Gasteiger partial charge in [0.1, 0.15) is 13.2 Å². The van der Waals surface area contributed by atoms with Gasteiger partial charge in [0.05, 0.1) is 4.47 Å². The van der Waals surface area contributed by atoms with Crippen molar-refractivity contribution in [2.24, 2.45) is 0 Å². The molecule has 1 aliphatic rings. The molecule has 0 amide bonds. The normalized spacial score (nSPS) is 15.0. The van der Waals surface area contributed by atoms with Gasteiger partial charge in [-0.1, -0.05) is 0 Å². The second kappa shape index (κ2) is 4.26. The van der Waals surface area contributed by atoms with Crippen molar-refractivity contribution in [1.82, 2.24) is 5.32 Å². The lowest BCUT2D eigenvalue weighted by atomic mass is 9.94. The Labute approximate surface area is 104 Å². The van der Waals surface area contributed by atoms with Crippen molar-refractivity contribution < 1.29 is 9.47 Å². The van der Waals surface area contributed by atoms with Crippen LogP contribution in [0.25, 0.3) is 0 Å². The van der Waals surface area contributed by atoms with Gasteiger partial charge in [-0.3, -0.25) is 0 Å². The Balaban J connectivity index is 2.47. The molecule has 0 bridgehead atoms. The molecule has 1 aromatic rings. The predicted molar refractivity (Wildman–Crippen MR) is 67.2 cm³/mol. The standard InChI is InChI=1S/C12H16BrNO2/c1-12(2,14-3)8-6-9(13)11-10(7-8)15-4-5-16-11/h6-7,14H,4-5H2,1-3H3. The molecule has 4 heteroatoms. The average molecular weight is 286 g/mol. The van der Waals surface area contributed by atoms with Crippen LogP contribution in [-0.4, -0.2) is 20.3 Å². The molecule has 0 aromatic heterocycles. The molecule has 1 N–H and O–H groups in total. The average Bonchev–Trinajstić information content (AvgIpc) is 2.29. The zero-order valence-electron chi connectivity index (χ0n) is 9.76. The third kappa shape index (κ3) is 2.04. The van der Waals surface area contributed by atoms with Crippen molar-refractivity contribution in [3.05, 3.63) is 22.2 Å². The quantitative estimate of drug-likeness (QED) is 0.906. The van der Waals surface area contributed by atoms with E-state index in [0.29, 0.717) is 13.2 Å². The molecule has 0 aliphatic carbocycles. The van der Waals surface area contributed by atoms with Gasteiger partial charge >= 0.3 is 0 Å². The van der Waals surface area contributed by atoms with Gasteiger partial charge in [0.15, 0.2) is 11.5 Å². The fraction of sp³-hybridized carbons (Fsp3) is 0.500. The van der Waals surface area contributed by atoms with Crippen molar-refractivity contribution in [3.63, 3.8) is 0 Å². The number of hydrogen-bond donors (Lipinski definition) is 1.